The lowest BCUT2D eigenvalue weighted by Gasteiger charge is -2.13. The molecule has 0 bridgehead atoms. The lowest BCUT2D eigenvalue weighted by molar-refractivity contribution is -0.143. The lowest BCUT2D eigenvalue weighted by atomic mass is 10.0. The van der Waals surface area contributed by atoms with Crippen molar-refractivity contribution in [1.29, 1.82) is 0 Å². The molecule has 0 heterocycles. The molecule has 0 aromatic heterocycles. The van der Waals surface area contributed by atoms with Gasteiger partial charge in [-0.05, 0) is 30.2 Å². The zero-order valence-corrected chi connectivity index (χ0v) is 11.7. The van der Waals surface area contributed by atoms with Crippen molar-refractivity contribution < 1.29 is 36.2 Å². The average molecular weight is 328 g/mol. The lowest BCUT2D eigenvalue weighted by Crippen LogP contribution is -2.11. The minimum absolute atomic E-state index is 0.0159. The van der Waals surface area contributed by atoms with Gasteiger partial charge in [-0.2, -0.15) is 26.3 Å². The summed E-state index contributed by atoms with van der Waals surface area (Å²) >= 11 is 0. The van der Waals surface area contributed by atoms with Crippen molar-refractivity contribution in [3.05, 3.63) is 34.9 Å². The van der Waals surface area contributed by atoms with E-state index in [0.717, 1.165) is 19.1 Å². The number of terminal acetylenes is 1. The Hall–Kier alpha value is -2.17. The van der Waals surface area contributed by atoms with E-state index in [-0.39, 0.29) is 18.1 Å². The molecular weight excluding hydrogens is 314 g/mol. The van der Waals surface area contributed by atoms with Crippen LogP contribution in [-0.4, -0.2) is 11.1 Å². The largest absolute Gasteiger partial charge is 0.481 e. The summed E-state index contributed by atoms with van der Waals surface area (Å²) in [5.41, 5.74) is -2.51. The minimum Gasteiger partial charge on any atom is -0.481 e. The molecule has 1 rings (SSSR count). The summed E-state index contributed by atoms with van der Waals surface area (Å²) in [4.78, 5) is 9.00. The SMILES string of the molecule is C#C.CC(=O)O.CCc1cc(C(F)(F)F)cc(C(F)(F)F)c1. The highest BCUT2D eigenvalue weighted by Gasteiger charge is 2.36. The predicted molar refractivity (Wildman–Crippen MR) is 69.0 cm³/mol. The molecule has 0 aliphatic rings. The summed E-state index contributed by atoms with van der Waals surface area (Å²) in [5, 5.41) is 7.42. The van der Waals surface area contributed by atoms with Crippen LogP contribution in [0.5, 0.6) is 0 Å². The smallest absolute Gasteiger partial charge is 0.416 e. The third-order valence-corrected chi connectivity index (χ3v) is 2.06. The first-order chi connectivity index (χ1) is 9.87. The van der Waals surface area contributed by atoms with E-state index in [1.165, 1.54) is 6.92 Å². The molecule has 0 aliphatic carbocycles. The van der Waals surface area contributed by atoms with Crippen LogP contribution >= 0.6 is 0 Å². The maximum absolute atomic E-state index is 12.3. The number of hydrogen-bond donors (Lipinski definition) is 1. The molecule has 8 heteroatoms. The third kappa shape index (κ3) is 8.89. The first-order valence-electron chi connectivity index (χ1n) is 5.69. The fourth-order valence-corrected chi connectivity index (χ4v) is 1.22. The van der Waals surface area contributed by atoms with Gasteiger partial charge in [0.05, 0.1) is 11.1 Å². The Balaban J connectivity index is 0. The van der Waals surface area contributed by atoms with Crippen molar-refractivity contribution >= 4 is 5.97 Å². The molecule has 0 atom stereocenters. The number of hydrogen-bond acceptors (Lipinski definition) is 1. The molecular formula is C14H14F6O2. The van der Waals surface area contributed by atoms with E-state index in [1.807, 2.05) is 0 Å². The second-order valence-electron chi connectivity index (χ2n) is 3.79. The van der Waals surface area contributed by atoms with Gasteiger partial charge in [-0.25, -0.2) is 0 Å². The summed E-state index contributed by atoms with van der Waals surface area (Å²) in [6.45, 7) is 2.58. The molecule has 2 nitrogen and oxygen atoms in total. The van der Waals surface area contributed by atoms with Crippen molar-refractivity contribution in [2.75, 3.05) is 0 Å². The summed E-state index contributed by atoms with van der Waals surface area (Å²) in [5.74, 6) is -0.833. The number of alkyl halides is 6. The van der Waals surface area contributed by atoms with E-state index < -0.39 is 29.4 Å². The van der Waals surface area contributed by atoms with E-state index in [9.17, 15) is 26.3 Å². The first kappa shape index (κ1) is 22.1. The second-order valence-corrected chi connectivity index (χ2v) is 3.79. The number of benzene rings is 1. The fourth-order valence-electron chi connectivity index (χ4n) is 1.22. The molecule has 0 radical (unpaired) electrons. The standard InChI is InChI=1S/C10H8F6.C2H4O2.C2H2/c1-2-6-3-7(9(11,12)13)5-8(4-6)10(14,15)16;1-2(3)4;1-2/h3-5H,2H2,1H3;1H3,(H,3,4);1-2H. The van der Waals surface area contributed by atoms with Gasteiger partial charge in [0.25, 0.3) is 5.97 Å². The van der Waals surface area contributed by atoms with Gasteiger partial charge in [-0.1, -0.05) is 6.92 Å². The van der Waals surface area contributed by atoms with E-state index in [2.05, 4.69) is 12.8 Å². The molecule has 22 heavy (non-hydrogen) atoms. The predicted octanol–water partition coefficient (Wildman–Crippen LogP) is 4.63. The van der Waals surface area contributed by atoms with Gasteiger partial charge < -0.3 is 5.11 Å². The van der Waals surface area contributed by atoms with Crippen molar-refractivity contribution in [1.82, 2.24) is 0 Å². The molecule has 124 valence electrons. The van der Waals surface area contributed by atoms with Crippen LogP contribution in [-0.2, 0) is 23.6 Å². The number of aliphatic carboxylic acids is 1. The van der Waals surface area contributed by atoms with Crippen LogP contribution in [0.2, 0.25) is 0 Å². The Morgan fingerprint density at radius 2 is 1.27 bits per heavy atom. The number of carboxylic acids is 1. The van der Waals surface area contributed by atoms with Crippen LogP contribution in [0.25, 0.3) is 0 Å². The Kier molecular flexibility index (Phi) is 9.02. The van der Waals surface area contributed by atoms with Crippen LogP contribution in [0.15, 0.2) is 18.2 Å². The number of halogens is 6. The van der Waals surface area contributed by atoms with Crippen LogP contribution < -0.4 is 0 Å². The van der Waals surface area contributed by atoms with E-state index in [4.69, 9.17) is 9.90 Å². The Bertz CT molecular complexity index is 464. The molecule has 0 spiro atoms. The fraction of sp³-hybridized carbons (Fsp3) is 0.357. The third-order valence-electron chi connectivity index (χ3n) is 2.06. The van der Waals surface area contributed by atoms with Crippen molar-refractivity contribution in [2.45, 2.75) is 32.6 Å². The van der Waals surface area contributed by atoms with Crippen molar-refractivity contribution in [2.24, 2.45) is 0 Å². The Labute approximate surface area is 123 Å². The molecule has 0 amide bonds. The van der Waals surface area contributed by atoms with Crippen molar-refractivity contribution in [3.63, 3.8) is 0 Å². The molecule has 0 aliphatic heterocycles. The van der Waals surface area contributed by atoms with Crippen LogP contribution in [0.4, 0.5) is 26.3 Å². The zero-order chi connectivity index (χ0) is 18.1. The molecule has 1 aromatic rings. The van der Waals surface area contributed by atoms with Gasteiger partial charge in [-0.15, -0.1) is 12.8 Å². The Morgan fingerprint density at radius 3 is 1.45 bits per heavy atom. The highest BCUT2D eigenvalue weighted by atomic mass is 19.4. The normalized spacial score (nSPS) is 10.6. The van der Waals surface area contributed by atoms with Crippen LogP contribution in [0.3, 0.4) is 0 Å². The number of aryl methyl sites for hydroxylation is 1. The second kappa shape index (κ2) is 8.97. The summed E-state index contributed by atoms with van der Waals surface area (Å²) in [6.07, 6.45) is -1.40. The number of carboxylic acid groups (broad SMARTS) is 1. The molecule has 1 aromatic carbocycles. The summed E-state index contributed by atoms with van der Waals surface area (Å²) in [6, 6.07) is 1.59. The zero-order valence-electron chi connectivity index (χ0n) is 11.7. The quantitative estimate of drug-likeness (QED) is 0.603. The van der Waals surface area contributed by atoms with Gasteiger partial charge in [0.2, 0.25) is 0 Å². The Morgan fingerprint density at radius 1 is 1.00 bits per heavy atom. The van der Waals surface area contributed by atoms with E-state index in [0.29, 0.717) is 0 Å². The molecule has 1 N–H and O–H groups in total. The summed E-state index contributed by atoms with van der Waals surface area (Å²) in [7, 11) is 0. The molecule has 0 fully saturated rings. The average Bonchev–Trinajstić information content (AvgIpc) is 2.38. The maximum atomic E-state index is 12.3. The van der Waals surface area contributed by atoms with E-state index in [1.54, 1.807) is 0 Å². The summed E-state index contributed by atoms with van der Waals surface area (Å²) < 4.78 is 73.8. The number of rotatable bonds is 1. The highest BCUT2D eigenvalue weighted by Crippen LogP contribution is 2.36. The first-order valence-corrected chi connectivity index (χ1v) is 5.69. The van der Waals surface area contributed by atoms with E-state index >= 15 is 0 Å². The molecule has 0 unspecified atom stereocenters. The van der Waals surface area contributed by atoms with Gasteiger partial charge in [0.15, 0.2) is 0 Å². The van der Waals surface area contributed by atoms with Crippen LogP contribution in [0, 0.1) is 12.8 Å². The topological polar surface area (TPSA) is 37.3 Å². The molecule has 0 saturated heterocycles. The number of carbonyl (C=O) groups is 1. The van der Waals surface area contributed by atoms with Gasteiger partial charge >= 0.3 is 12.4 Å². The maximum Gasteiger partial charge on any atom is 0.416 e. The minimum atomic E-state index is -4.76. The highest BCUT2D eigenvalue weighted by molar-refractivity contribution is 5.62. The van der Waals surface area contributed by atoms with Gasteiger partial charge in [0, 0.05) is 6.92 Å². The van der Waals surface area contributed by atoms with Crippen LogP contribution in [0.1, 0.15) is 30.5 Å². The van der Waals surface area contributed by atoms with Gasteiger partial charge in [-0.3, -0.25) is 4.79 Å². The van der Waals surface area contributed by atoms with Gasteiger partial charge in [0.1, 0.15) is 0 Å². The molecule has 0 saturated carbocycles. The monoisotopic (exact) mass is 328 g/mol. The van der Waals surface area contributed by atoms with Crippen molar-refractivity contribution in [3.8, 4) is 12.8 Å².